The van der Waals surface area contributed by atoms with E-state index in [4.69, 9.17) is 0 Å². The van der Waals surface area contributed by atoms with E-state index in [0.29, 0.717) is 0 Å². The van der Waals surface area contributed by atoms with Gasteiger partial charge in [0.05, 0.1) is 0 Å². The summed E-state index contributed by atoms with van der Waals surface area (Å²) in [5.74, 6) is 0. The van der Waals surface area contributed by atoms with E-state index < -0.39 is 0 Å². The first kappa shape index (κ1) is 14.2. The molecular formula is C14H20N4Se. The fourth-order valence-electron chi connectivity index (χ4n) is 2.11. The molecule has 0 amide bonds. The van der Waals surface area contributed by atoms with Gasteiger partial charge in [-0.25, -0.2) is 0 Å². The molecule has 1 N–H and O–H groups in total. The van der Waals surface area contributed by atoms with Crippen molar-refractivity contribution in [2.75, 3.05) is 13.1 Å². The Balaban J connectivity index is 1.91. The van der Waals surface area contributed by atoms with Crippen molar-refractivity contribution < 1.29 is 0 Å². The van der Waals surface area contributed by atoms with Crippen molar-refractivity contribution in [3.8, 4) is 0 Å². The molecule has 0 saturated carbocycles. The van der Waals surface area contributed by atoms with Crippen LogP contribution < -0.4 is 5.43 Å². The monoisotopic (exact) mass is 324 g/mol. The van der Waals surface area contributed by atoms with E-state index in [9.17, 15) is 0 Å². The molecule has 0 bridgehead atoms. The fourth-order valence-corrected chi connectivity index (χ4v) is 2.59. The SMILES string of the molecule is CC(=NNC(=[Se])N1CCCCCC1)c1ccccn1. The summed E-state index contributed by atoms with van der Waals surface area (Å²) < 4.78 is 1.01. The second kappa shape index (κ2) is 7.41. The quantitative estimate of drug-likeness (QED) is 0.519. The van der Waals surface area contributed by atoms with Gasteiger partial charge in [0.25, 0.3) is 0 Å². The molecule has 1 saturated heterocycles. The second-order valence-electron chi connectivity index (χ2n) is 4.73. The molecule has 1 aromatic rings. The molecule has 1 aromatic heterocycles. The van der Waals surface area contributed by atoms with Gasteiger partial charge >= 0.3 is 122 Å². The molecule has 0 aliphatic carbocycles. The molecule has 102 valence electrons. The van der Waals surface area contributed by atoms with Gasteiger partial charge in [0.1, 0.15) is 0 Å². The third-order valence-corrected chi connectivity index (χ3v) is 3.98. The zero-order chi connectivity index (χ0) is 13.5. The Hall–Kier alpha value is -1.19. The molecule has 0 unspecified atom stereocenters. The van der Waals surface area contributed by atoms with Crippen LogP contribution in [0.3, 0.4) is 0 Å². The number of pyridine rings is 1. The molecule has 4 nitrogen and oxygen atoms in total. The van der Waals surface area contributed by atoms with Crippen LogP contribution in [0.25, 0.3) is 0 Å². The van der Waals surface area contributed by atoms with Crippen molar-refractivity contribution in [1.29, 1.82) is 0 Å². The number of hydrogen-bond donors (Lipinski definition) is 1. The van der Waals surface area contributed by atoms with Crippen molar-refractivity contribution in [3.63, 3.8) is 0 Å². The molecule has 1 aliphatic rings. The summed E-state index contributed by atoms with van der Waals surface area (Å²) in [6.45, 7) is 4.17. The Morgan fingerprint density at radius 1 is 1.26 bits per heavy atom. The van der Waals surface area contributed by atoms with Crippen LogP contribution in [-0.2, 0) is 0 Å². The van der Waals surface area contributed by atoms with E-state index in [1.54, 1.807) is 6.20 Å². The summed E-state index contributed by atoms with van der Waals surface area (Å²) in [6.07, 6.45) is 6.97. The van der Waals surface area contributed by atoms with Crippen molar-refractivity contribution in [1.82, 2.24) is 15.3 Å². The standard InChI is InChI=1S/C14H20N4Se/c1-12(13-8-4-5-9-15-13)16-17-14(19)18-10-6-2-3-7-11-18/h4-5,8-9H,2-3,6-7,10-11H2,1H3,(H,17,19). The first-order valence-corrected chi connectivity index (χ1v) is 7.63. The minimum atomic E-state index is 0.892. The Morgan fingerprint density at radius 2 is 2.00 bits per heavy atom. The van der Waals surface area contributed by atoms with Crippen LogP contribution in [0.15, 0.2) is 29.5 Å². The number of nitrogens with one attached hydrogen (secondary N) is 1. The number of hydrazone groups is 1. The third-order valence-electron chi connectivity index (χ3n) is 3.25. The summed E-state index contributed by atoms with van der Waals surface area (Å²) in [7, 11) is 0. The van der Waals surface area contributed by atoms with Gasteiger partial charge < -0.3 is 0 Å². The maximum absolute atomic E-state index is 4.39. The molecule has 1 fully saturated rings. The summed E-state index contributed by atoms with van der Waals surface area (Å²) in [4.78, 5) is 6.62. The number of rotatable bonds is 4. The first-order chi connectivity index (χ1) is 9.27. The van der Waals surface area contributed by atoms with E-state index in [-0.39, 0.29) is 0 Å². The Kier molecular flexibility index (Phi) is 5.55. The molecule has 2 heterocycles. The molecule has 0 spiro atoms. The molecule has 19 heavy (non-hydrogen) atoms. The van der Waals surface area contributed by atoms with Crippen LogP contribution in [0.1, 0.15) is 38.3 Å². The van der Waals surface area contributed by atoms with Gasteiger partial charge in [-0.2, -0.15) is 0 Å². The minimum absolute atomic E-state index is 0.892. The van der Waals surface area contributed by atoms with E-state index >= 15 is 0 Å². The van der Waals surface area contributed by atoms with E-state index in [0.717, 1.165) is 29.2 Å². The van der Waals surface area contributed by atoms with Gasteiger partial charge in [0, 0.05) is 0 Å². The number of hydrogen-bond acceptors (Lipinski definition) is 4. The number of aromatic nitrogens is 1. The van der Waals surface area contributed by atoms with Crippen molar-refractivity contribution in [2.45, 2.75) is 32.6 Å². The molecule has 0 radical (unpaired) electrons. The Bertz CT molecular complexity index is 436. The molecule has 1 aliphatic heterocycles. The Labute approximate surface area is 122 Å². The second-order valence-corrected chi connectivity index (χ2v) is 5.54. The number of nitrogens with zero attached hydrogens (tertiary/aromatic N) is 3. The normalized spacial score (nSPS) is 16.9. The topological polar surface area (TPSA) is 40.5 Å². The van der Waals surface area contributed by atoms with Gasteiger partial charge in [-0.1, -0.05) is 0 Å². The van der Waals surface area contributed by atoms with Gasteiger partial charge in [-0.3, -0.25) is 0 Å². The van der Waals surface area contributed by atoms with E-state index in [2.05, 4.69) is 36.0 Å². The first-order valence-electron chi connectivity index (χ1n) is 6.78. The van der Waals surface area contributed by atoms with Gasteiger partial charge in [0.15, 0.2) is 0 Å². The summed E-state index contributed by atoms with van der Waals surface area (Å²) in [6, 6.07) is 5.84. The van der Waals surface area contributed by atoms with Crippen molar-refractivity contribution in [2.24, 2.45) is 5.10 Å². The van der Waals surface area contributed by atoms with Gasteiger partial charge in [-0.05, 0) is 0 Å². The summed E-state index contributed by atoms with van der Waals surface area (Å²) in [5, 5.41) is 4.39. The average molecular weight is 323 g/mol. The third kappa shape index (κ3) is 4.44. The van der Waals surface area contributed by atoms with Crippen LogP contribution in [0.4, 0.5) is 0 Å². The zero-order valence-corrected chi connectivity index (χ0v) is 13.0. The van der Waals surface area contributed by atoms with Crippen LogP contribution >= 0.6 is 0 Å². The number of likely N-dealkylation sites (tertiary alicyclic amines) is 1. The summed E-state index contributed by atoms with van der Waals surface area (Å²) in [5.41, 5.74) is 4.91. The molecule has 2 rings (SSSR count). The van der Waals surface area contributed by atoms with Crippen LogP contribution in [0.5, 0.6) is 0 Å². The van der Waals surface area contributed by atoms with Crippen LogP contribution in [0.2, 0.25) is 0 Å². The van der Waals surface area contributed by atoms with Crippen molar-refractivity contribution in [3.05, 3.63) is 30.1 Å². The zero-order valence-electron chi connectivity index (χ0n) is 11.3. The van der Waals surface area contributed by atoms with Crippen LogP contribution in [-0.4, -0.2) is 48.9 Å². The fraction of sp³-hybridized carbons (Fsp3) is 0.500. The predicted molar refractivity (Wildman–Crippen MR) is 80.4 cm³/mol. The van der Waals surface area contributed by atoms with Crippen LogP contribution in [0, 0.1) is 0 Å². The molecular weight excluding hydrogens is 303 g/mol. The molecule has 0 atom stereocenters. The van der Waals surface area contributed by atoms with E-state index in [1.165, 1.54) is 25.7 Å². The van der Waals surface area contributed by atoms with Gasteiger partial charge in [-0.15, -0.1) is 0 Å². The maximum atomic E-state index is 4.39. The summed E-state index contributed by atoms with van der Waals surface area (Å²) >= 11 is 3.09. The molecule has 5 heteroatoms. The van der Waals surface area contributed by atoms with Gasteiger partial charge in [0.2, 0.25) is 0 Å². The Morgan fingerprint density at radius 3 is 2.63 bits per heavy atom. The predicted octanol–water partition coefficient (Wildman–Crippen LogP) is 1.53. The molecule has 0 aromatic carbocycles. The van der Waals surface area contributed by atoms with Crippen molar-refractivity contribution >= 4 is 26.0 Å². The van der Waals surface area contributed by atoms with E-state index in [1.807, 2.05) is 25.1 Å². The average Bonchev–Trinajstić information content (AvgIpc) is 2.74.